The summed E-state index contributed by atoms with van der Waals surface area (Å²) in [7, 11) is -4.03. The van der Waals surface area contributed by atoms with Crippen LogP contribution in [0.1, 0.15) is 0 Å². The number of rotatable bonds is 6. The van der Waals surface area contributed by atoms with E-state index in [0.717, 1.165) is 4.31 Å². The van der Waals surface area contributed by atoms with Crippen LogP contribution in [-0.2, 0) is 14.8 Å². The summed E-state index contributed by atoms with van der Waals surface area (Å²) in [5, 5.41) is 3.54. The van der Waals surface area contributed by atoms with E-state index < -0.39 is 22.5 Å². The van der Waals surface area contributed by atoms with Gasteiger partial charge in [-0.15, -0.1) is 0 Å². The third-order valence-electron chi connectivity index (χ3n) is 3.92. The van der Waals surface area contributed by atoms with Crippen LogP contribution in [0.2, 0.25) is 15.1 Å². The Morgan fingerprint density at radius 3 is 2.24 bits per heavy atom. The van der Waals surface area contributed by atoms with Crippen molar-refractivity contribution in [1.29, 1.82) is 0 Å². The Morgan fingerprint density at radius 2 is 1.59 bits per heavy atom. The monoisotopic (exact) mass is 468 g/mol. The summed E-state index contributed by atoms with van der Waals surface area (Å²) >= 11 is 18.0. The van der Waals surface area contributed by atoms with E-state index in [9.17, 15) is 13.2 Å². The van der Waals surface area contributed by atoms with Gasteiger partial charge in [0.05, 0.1) is 20.6 Å². The first-order valence-electron chi connectivity index (χ1n) is 8.35. The van der Waals surface area contributed by atoms with Crippen LogP contribution in [-0.4, -0.2) is 20.9 Å². The second kappa shape index (κ2) is 9.05. The molecule has 0 aliphatic rings. The summed E-state index contributed by atoms with van der Waals surface area (Å²) in [6, 6.07) is 18.7. The van der Waals surface area contributed by atoms with Crippen molar-refractivity contribution in [2.24, 2.45) is 0 Å². The normalized spacial score (nSPS) is 11.1. The molecule has 0 saturated heterocycles. The van der Waals surface area contributed by atoms with Gasteiger partial charge < -0.3 is 5.32 Å². The maximum absolute atomic E-state index is 13.2. The highest BCUT2D eigenvalue weighted by Crippen LogP contribution is 2.30. The summed E-state index contributed by atoms with van der Waals surface area (Å²) in [4.78, 5) is 12.7. The lowest BCUT2D eigenvalue weighted by atomic mass is 10.3. The Labute approximate surface area is 183 Å². The fourth-order valence-corrected chi connectivity index (χ4v) is 4.49. The van der Waals surface area contributed by atoms with Crippen LogP contribution in [0.15, 0.2) is 77.7 Å². The maximum Gasteiger partial charge on any atom is 0.264 e. The van der Waals surface area contributed by atoms with Crippen LogP contribution in [0.25, 0.3) is 0 Å². The number of nitrogens with one attached hydrogen (secondary N) is 1. The van der Waals surface area contributed by atoms with Crippen molar-refractivity contribution in [2.45, 2.75) is 4.90 Å². The maximum atomic E-state index is 13.2. The van der Waals surface area contributed by atoms with Crippen molar-refractivity contribution in [3.05, 3.63) is 87.9 Å². The molecule has 1 N–H and O–H groups in total. The number of hydrogen-bond acceptors (Lipinski definition) is 3. The second-order valence-corrected chi connectivity index (χ2v) is 9.09. The quantitative estimate of drug-likeness (QED) is 0.520. The van der Waals surface area contributed by atoms with Crippen LogP contribution >= 0.6 is 34.8 Å². The molecule has 9 heteroatoms. The van der Waals surface area contributed by atoms with Crippen molar-refractivity contribution >= 4 is 62.1 Å². The molecule has 0 bridgehead atoms. The van der Waals surface area contributed by atoms with Crippen LogP contribution in [0, 0.1) is 0 Å². The average Bonchev–Trinajstić information content (AvgIpc) is 2.69. The van der Waals surface area contributed by atoms with Crippen LogP contribution < -0.4 is 9.62 Å². The van der Waals surface area contributed by atoms with Crippen LogP contribution in [0.4, 0.5) is 11.4 Å². The lowest BCUT2D eigenvalue weighted by Crippen LogP contribution is -2.38. The predicted molar refractivity (Wildman–Crippen MR) is 118 cm³/mol. The molecule has 3 rings (SSSR count). The average molecular weight is 470 g/mol. The van der Waals surface area contributed by atoms with Gasteiger partial charge in [0, 0.05) is 10.7 Å². The van der Waals surface area contributed by atoms with Crippen LogP contribution in [0.5, 0.6) is 0 Å². The second-order valence-electron chi connectivity index (χ2n) is 5.98. The van der Waals surface area contributed by atoms with Gasteiger partial charge in [-0.1, -0.05) is 59.1 Å². The lowest BCUT2D eigenvalue weighted by molar-refractivity contribution is -0.114. The SMILES string of the molecule is O=C(CN(c1ccc(Cl)c(Cl)c1)S(=O)(=O)c1ccccc1)Nc1cccc(Cl)c1. The number of benzene rings is 3. The summed E-state index contributed by atoms with van der Waals surface area (Å²) < 4.78 is 27.4. The molecule has 29 heavy (non-hydrogen) atoms. The number of anilines is 2. The molecule has 0 fully saturated rings. The number of halogens is 3. The van der Waals surface area contributed by atoms with Gasteiger partial charge in [-0.3, -0.25) is 9.10 Å². The summed E-state index contributed by atoms with van der Waals surface area (Å²) in [5.41, 5.74) is 0.665. The number of hydrogen-bond donors (Lipinski definition) is 1. The van der Waals surface area contributed by atoms with E-state index in [1.54, 1.807) is 42.5 Å². The van der Waals surface area contributed by atoms with Gasteiger partial charge in [-0.05, 0) is 48.5 Å². The molecule has 3 aromatic rings. The molecule has 0 atom stereocenters. The van der Waals surface area contributed by atoms with Crippen molar-refractivity contribution in [3.8, 4) is 0 Å². The van der Waals surface area contributed by atoms with Crippen LogP contribution in [0.3, 0.4) is 0 Å². The fraction of sp³-hybridized carbons (Fsp3) is 0.0500. The largest absolute Gasteiger partial charge is 0.324 e. The minimum Gasteiger partial charge on any atom is -0.324 e. The van der Waals surface area contributed by atoms with E-state index >= 15 is 0 Å². The number of amides is 1. The molecule has 0 heterocycles. The highest BCUT2D eigenvalue weighted by atomic mass is 35.5. The first-order chi connectivity index (χ1) is 13.8. The Hall–Kier alpha value is -2.25. The van der Waals surface area contributed by atoms with Gasteiger partial charge in [0.15, 0.2) is 0 Å². The molecule has 150 valence electrons. The molecular weight excluding hydrogens is 455 g/mol. The van der Waals surface area contributed by atoms with E-state index in [1.807, 2.05) is 0 Å². The van der Waals surface area contributed by atoms with Crippen molar-refractivity contribution in [2.75, 3.05) is 16.2 Å². The van der Waals surface area contributed by atoms with Gasteiger partial charge in [0.25, 0.3) is 10.0 Å². The molecule has 3 aromatic carbocycles. The fourth-order valence-electron chi connectivity index (χ4n) is 2.57. The third kappa shape index (κ3) is 5.22. The highest BCUT2D eigenvalue weighted by molar-refractivity contribution is 7.92. The van der Waals surface area contributed by atoms with E-state index in [-0.39, 0.29) is 20.6 Å². The molecular formula is C20H15Cl3N2O3S. The molecule has 0 unspecified atom stereocenters. The number of nitrogens with zero attached hydrogens (tertiary/aromatic N) is 1. The molecule has 0 aliphatic heterocycles. The minimum absolute atomic E-state index is 0.0432. The molecule has 0 aliphatic carbocycles. The first kappa shape index (κ1) is 21.5. The third-order valence-corrected chi connectivity index (χ3v) is 6.68. The Balaban J connectivity index is 1.96. The Morgan fingerprint density at radius 1 is 0.862 bits per heavy atom. The lowest BCUT2D eigenvalue weighted by Gasteiger charge is -2.24. The highest BCUT2D eigenvalue weighted by Gasteiger charge is 2.27. The minimum atomic E-state index is -4.03. The molecule has 0 saturated carbocycles. The summed E-state index contributed by atoms with van der Waals surface area (Å²) in [6.45, 7) is -0.471. The number of carbonyl (C=O) groups is 1. The Kier molecular flexibility index (Phi) is 6.70. The number of sulfonamides is 1. The van der Waals surface area contributed by atoms with Gasteiger partial charge in [-0.25, -0.2) is 8.42 Å². The smallest absolute Gasteiger partial charge is 0.264 e. The van der Waals surface area contributed by atoms with Crippen molar-refractivity contribution in [1.82, 2.24) is 0 Å². The first-order valence-corrected chi connectivity index (χ1v) is 10.9. The molecule has 5 nitrogen and oxygen atoms in total. The zero-order valence-electron chi connectivity index (χ0n) is 14.8. The van der Waals surface area contributed by atoms with E-state index in [1.165, 1.54) is 30.3 Å². The van der Waals surface area contributed by atoms with E-state index in [4.69, 9.17) is 34.8 Å². The molecule has 1 amide bonds. The van der Waals surface area contributed by atoms with Crippen molar-refractivity contribution < 1.29 is 13.2 Å². The van der Waals surface area contributed by atoms with Crippen molar-refractivity contribution in [3.63, 3.8) is 0 Å². The standard InChI is InChI=1S/C20H15Cl3N2O3S/c21-14-5-4-6-15(11-14)24-20(26)13-25(16-9-10-18(22)19(23)12-16)29(27,28)17-7-2-1-3-8-17/h1-12H,13H2,(H,24,26). The van der Waals surface area contributed by atoms with Gasteiger partial charge in [-0.2, -0.15) is 0 Å². The van der Waals surface area contributed by atoms with Gasteiger partial charge in [0.1, 0.15) is 6.54 Å². The van der Waals surface area contributed by atoms with Gasteiger partial charge in [0.2, 0.25) is 5.91 Å². The molecule has 0 spiro atoms. The zero-order valence-corrected chi connectivity index (χ0v) is 17.9. The van der Waals surface area contributed by atoms with E-state index in [2.05, 4.69) is 5.32 Å². The van der Waals surface area contributed by atoms with E-state index in [0.29, 0.717) is 10.7 Å². The van der Waals surface area contributed by atoms with Gasteiger partial charge >= 0.3 is 0 Å². The molecule has 0 radical (unpaired) electrons. The molecule has 0 aromatic heterocycles. The number of carbonyl (C=O) groups excluding carboxylic acids is 1. The topological polar surface area (TPSA) is 66.5 Å². The zero-order chi connectivity index (χ0) is 21.0. The summed E-state index contributed by atoms with van der Waals surface area (Å²) in [6.07, 6.45) is 0. The predicted octanol–water partition coefficient (Wildman–Crippen LogP) is 5.48. The Bertz CT molecular complexity index is 1140. The summed E-state index contributed by atoms with van der Waals surface area (Å²) in [5.74, 6) is -0.544.